The van der Waals surface area contributed by atoms with Gasteiger partial charge in [0.15, 0.2) is 5.75 Å². The summed E-state index contributed by atoms with van der Waals surface area (Å²) >= 11 is 6.04. The normalized spacial score (nSPS) is 11.8. The Kier molecular flexibility index (Phi) is 4.80. The Morgan fingerprint density at radius 3 is 2.46 bits per heavy atom. The molecule has 0 amide bonds. The standard InChI is InChI=1S/C17H17ClN2O4/c1-17(2,3)11-7-12(18)16(22)13(8-11)19-9-10-5-4-6-14(15(10)21)20(23)24/h4-9,21-22H,1-3H3. The molecule has 0 spiro atoms. The lowest BCUT2D eigenvalue weighted by molar-refractivity contribution is -0.385. The van der Waals surface area contributed by atoms with E-state index in [1.54, 1.807) is 12.1 Å². The molecule has 0 aliphatic carbocycles. The zero-order valence-corrected chi connectivity index (χ0v) is 14.2. The van der Waals surface area contributed by atoms with Crippen LogP contribution in [-0.2, 0) is 5.41 Å². The van der Waals surface area contributed by atoms with E-state index in [4.69, 9.17) is 11.6 Å². The molecule has 0 heterocycles. The van der Waals surface area contributed by atoms with E-state index in [-0.39, 0.29) is 27.4 Å². The Bertz CT molecular complexity index is 826. The minimum atomic E-state index is -0.679. The van der Waals surface area contributed by atoms with E-state index in [9.17, 15) is 20.3 Å². The largest absolute Gasteiger partial charge is 0.504 e. The third-order valence-corrected chi connectivity index (χ3v) is 3.78. The molecule has 2 aromatic carbocycles. The van der Waals surface area contributed by atoms with Crippen LogP contribution in [0, 0.1) is 10.1 Å². The number of phenolic OH excluding ortho intramolecular Hbond substituents is 2. The molecule has 0 atom stereocenters. The van der Waals surface area contributed by atoms with Crippen molar-refractivity contribution in [3.05, 3.63) is 56.6 Å². The molecule has 0 aliphatic heterocycles. The summed E-state index contributed by atoms with van der Waals surface area (Å²) in [5.41, 5.74) is 0.652. The summed E-state index contributed by atoms with van der Waals surface area (Å²) in [7, 11) is 0. The molecule has 0 unspecified atom stereocenters. The molecule has 0 radical (unpaired) electrons. The van der Waals surface area contributed by atoms with E-state index in [1.807, 2.05) is 20.8 Å². The average molecular weight is 349 g/mol. The van der Waals surface area contributed by atoms with Gasteiger partial charge in [-0.1, -0.05) is 38.4 Å². The lowest BCUT2D eigenvalue weighted by atomic mass is 9.87. The molecule has 0 aliphatic rings. The highest BCUT2D eigenvalue weighted by Gasteiger charge is 2.18. The van der Waals surface area contributed by atoms with Gasteiger partial charge < -0.3 is 10.2 Å². The van der Waals surface area contributed by atoms with Crippen molar-refractivity contribution in [1.82, 2.24) is 0 Å². The zero-order chi connectivity index (χ0) is 18.1. The number of para-hydroxylation sites is 1. The molecule has 0 aromatic heterocycles. The first kappa shape index (κ1) is 17.7. The predicted molar refractivity (Wildman–Crippen MR) is 93.8 cm³/mol. The predicted octanol–water partition coefficient (Wildman–Crippen LogP) is 4.71. The van der Waals surface area contributed by atoms with Gasteiger partial charge in [0.1, 0.15) is 5.69 Å². The van der Waals surface area contributed by atoms with Crippen molar-refractivity contribution in [2.24, 2.45) is 4.99 Å². The van der Waals surface area contributed by atoms with Gasteiger partial charge in [-0.05, 0) is 29.2 Å². The van der Waals surface area contributed by atoms with Crippen molar-refractivity contribution in [3.63, 3.8) is 0 Å². The highest BCUT2D eigenvalue weighted by atomic mass is 35.5. The summed E-state index contributed by atoms with van der Waals surface area (Å²) in [6.45, 7) is 5.99. The minimum Gasteiger partial charge on any atom is -0.504 e. The molecular weight excluding hydrogens is 332 g/mol. The number of nitrogens with zero attached hydrogens (tertiary/aromatic N) is 2. The van der Waals surface area contributed by atoms with Gasteiger partial charge in [-0.25, -0.2) is 0 Å². The van der Waals surface area contributed by atoms with E-state index in [0.717, 1.165) is 5.56 Å². The fraction of sp³-hybridized carbons (Fsp3) is 0.235. The maximum absolute atomic E-state index is 10.8. The Morgan fingerprint density at radius 2 is 1.88 bits per heavy atom. The van der Waals surface area contributed by atoms with Crippen molar-refractivity contribution in [1.29, 1.82) is 0 Å². The third-order valence-electron chi connectivity index (χ3n) is 3.49. The molecule has 0 saturated carbocycles. The molecule has 2 aromatic rings. The third kappa shape index (κ3) is 3.65. The molecule has 24 heavy (non-hydrogen) atoms. The summed E-state index contributed by atoms with van der Waals surface area (Å²) in [6.07, 6.45) is 1.25. The molecule has 2 N–H and O–H groups in total. The van der Waals surface area contributed by atoms with Crippen LogP contribution < -0.4 is 0 Å². The van der Waals surface area contributed by atoms with Crippen LogP contribution >= 0.6 is 11.6 Å². The smallest absolute Gasteiger partial charge is 0.311 e. The second kappa shape index (κ2) is 6.49. The molecule has 6 nitrogen and oxygen atoms in total. The summed E-state index contributed by atoms with van der Waals surface area (Å²) < 4.78 is 0. The minimum absolute atomic E-state index is 0.165. The lowest BCUT2D eigenvalue weighted by Crippen LogP contribution is -2.10. The first-order valence-electron chi connectivity index (χ1n) is 7.14. The quantitative estimate of drug-likeness (QED) is 0.477. The monoisotopic (exact) mass is 348 g/mol. The van der Waals surface area contributed by atoms with Crippen LogP contribution in [0.5, 0.6) is 11.5 Å². The van der Waals surface area contributed by atoms with Gasteiger partial charge >= 0.3 is 5.69 Å². The van der Waals surface area contributed by atoms with E-state index in [2.05, 4.69) is 4.99 Å². The Hall–Kier alpha value is -2.60. The van der Waals surface area contributed by atoms with E-state index < -0.39 is 16.4 Å². The lowest BCUT2D eigenvalue weighted by Gasteiger charge is -2.20. The van der Waals surface area contributed by atoms with Crippen LogP contribution in [0.2, 0.25) is 5.02 Å². The van der Waals surface area contributed by atoms with Gasteiger partial charge in [0.25, 0.3) is 0 Å². The molecule has 0 saturated heterocycles. The fourth-order valence-corrected chi connectivity index (χ4v) is 2.27. The molecule has 2 rings (SSSR count). The zero-order valence-electron chi connectivity index (χ0n) is 13.4. The molecule has 126 valence electrons. The average Bonchev–Trinajstić information content (AvgIpc) is 2.48. The number of nitro benzene ring substituents is 1. The number of benzene rings is 2. The Labute approximate surface area is 144 Å². The number of aliphatic imine (C=N–C) groups is 1. The van der Waals surface area contributed by atoms with Crippen molar-refractivity contribution in [3.8, 4) is 11.5 Å². The summed E-state index contributed by atoms with van der Waals surface area (Å²) in [5.74, 6) is -0.672. The number of halogens is 1. The van der Waals surface area contributed by atoms with Gasteiger partial charge in [0, 0.05) is 17.8 Å². The first-order valence-corrected chi connectivity index (χ1v) is 7.52. The number of nitro groups is 1. The van der Waals surface area contributed by atoms with Crippen LogP contribution in [0.4, 0.5) is 11.4 Å². The van der Waals surface area contributed by atoms with Gasteiger partial charge in [0.2, 0.25) is 5.75 Å². The van der Waals surface area contributed by atoms with Crippen LogP contribution in [0.25, 0.3) is 0 Å². The number of phenols is 2. The maximum Gasteiger partial charge on any atom is 0.311 e. The summed E-state index contributed by atoms with van der Waals surface area (Å²) in [5, 5.41) is 31.0. The van der Waals surface area contributed by atoms with Crippen molar-refractivity contribution >= 4 is 29.2 Å². The molecular formula is C17H17ClN2O4. The van der Waals surface area contributed by atoms with Gasteiger partial charge in [-0.3, -0.25) is 15.1 Å². The fourth-order valence-electron chi connectivity index (χ4n) is 2.06. The Balaban J connectivity index is 2.49. The SMILES string of the molecule is CC(C)(C)c1cc(Cl)c(O)c(N=Cc2cccc([N+](=O)[O-])c2O)c1. The highest BCUT2D eigenvalue weighted by Crippen LogP contribution is 2.39. The van der Waals surface area contributed by atoms with E-state index >= 15 is 0 Å². The van der Waals surface area contributed by atoms with Gasteiger partial charge in [-0.15, -0.1) is 0 Å². The topological polar surface area (TPSA) is 96.0 Å². The first-order chi connectivity index (χ1) is 11.1. The second-order valence-electron chi connectivity index (χ2n) is 6.31. The van der Waals surface area contributed by atoms with E-state index in [0.29, 0.717) is 0 Å². The van der Waals surface area contributed by atoms with E-state index in [1.165, 1.54) is 24.4 Å². The highest BCUT2D eigenvalue weighted by molar-refractivity contribution is 6.32. The van der Waals surface area contributed by atoms with Crippen molar-refractivity contribution in [2.45, 2.75) is 26.2 Å². The second-order valence-corrected chi connectivity index (χ2v) is 6.71. The van der Waals surface area contributed by atoms with Crippen LogP contribution in [0.1, 0.15) is 31.9 Å². The van der Waals surface area contributed by atoms with Crippen LogP contribution in [-0.4, -0.2) is 21.4 Å². The Morgan fingerprint density at radius 1 is 1.21 bits per heavy atom. The number of aromatic hydroxyl groups is 2. The summed E-state index contributed by atoms with van der Waals surface area (Å²) in [6, 6.07) is 7.48. The number of hydrogen-bond donors (Lipinski definition) is 2. The van der Waals surface area contributed by atoms with Crippen LogP contribution in [0.3, 0.4) is 0 Å². The maximum atomic E-state index is 10.8. The molecule has 7 heteroatoms. The number of hydrogen-bond acceptors (Lipinski definition) is 5. The summed E-state index contributed by atoms with van der Waals surface area (Å²) in [4.78, 5) is 14.3. The number of rotatable bonds is 3. The van der Waals surface area contributed by atoms with Crippen molar-refractivity contribution in [2.75, 3.05) is 0 Å². The molecule has 0 bridgehead atoms. The molecule has 0 fully saturated rings. The van der Waals surface area contributed by atoms with Crippen LogP contribution in [0.15, 0.2) is 35.3 Å². The van der Waals surface area contributed by atoms with Crippen molar-refractivity contribution < 1.29 is 15.1 Å². The van der Waals surface area contributed by atoms with Gasteiger partial charge in [0.05, 0.1) is 9.95 Å². The van der Waals surface area contributed by atoms with Gasteiger partial charge in [-0.2, -0.15) is 0 Å².